The fourth-order valence-corrected chi connectivity index (χ4v) is 4.72. The third-order valence-corrected chi connectivity index (χ3v) is 6.67. The second-order valence-corrected chi connectivity index (χ2v) is 8.87. The molecule has 0 bridgehead atoms. The molecule has 1 fully saturated rings. The van der Waals surface area contributed by atoms with Gasteiger partial charge < -0.3 is 20.1 Å². The van der Waals surface area contributed by atoms with E-state index < -0.39 is 5.91 Å². The quantitative estimate of drug-likeness (QED) is 0.390. The number of hydrogen-bond donors (Lipinski definition) is 2. The number of rotatable bonds is 6. The van der Waals surface area contributed by atoms with Crippen LogP contribution in [0, 0.1) is 5.82 Å². The Morgan fingerprint density at radius 1 is 0.972 bits per heavy atom. The molecule has 7 heteroatoms. The molecule has 0 spiro atoms. The average Bonchev–Trinajstić information content (AvgIpc) is 2.91. The maximum Gasteiger partial charge on any atom is 0.259 e. The summed E-state index contributed by atoms with van der Waals surface area (Å²) >= 11 is 0. The molecule has 36 heavy (non-hydrogen) atoms. The Bertz CT molecular complexity index is 1380. The molecular formula is C29H28FN3O3. The van der Waals surface area contributed by atoms with Crippen molar-refractivity contribution in [3.05, 3.63) is 95.8 Å². The van der Waals surface area contributed by atoms with Gasteiger partial charge in [-0.25, -0.2) is 4.39 Å². The van der Waals surface area contributed by atoms with Crippen LogP contribution < -0.4 is 15.0 Å². The van der Waals surface area contributed by atoms with E-state index in [2.05, 4.69) is 15.1 Å². The highest BCUT2D eigenvalue weighted by Gasteiger charge is 2.23. The van der Waals surface area contributed by atoms with Gasteiger partial charge in [0.15, 0.2) is 0 Å². The summed E-state index contributed by atoms with van der Waals surface area (Å²) in [6.07, 6.45) is 0. The van der Waals surface area contributed by atoms with Crippen LogP contribution in [-0.4, -0.2) is 49.2 Å². The SMILES string of the molecule is COc1ccccc1NC(=O)c1cc2ccccc2c(CN2CCN(c3ccc(F)cc3)CC2)c1O. The number of benzene rings is 4. The molecule has 0 radical (unpaired) electrons. The Labute approximate surface area is 209 Å². The lowest BCUT2D eigenvalue weighted by atomic mass is 9.98. The van der Waals surface area contributed by atoms with Gasteiger partial charge in [-0.2, -0.15) is 0 Å². The number of halogens is 1. The van der Waals surface area contributed by atoms with Gasteiger partial charge in [0.2, 0.25) is 0 Å². The number of piperazine rings is 1. The molecule has 4 aromatic carbocycles. The molecule has 6 nitrogen and oxygen atoms in total. The fourth-order valence-electron chi connectivity index (χ4n) is 4.72. The van der Waals surface area contributed by atoms with E-state index in [1.807, 2.05) is 36.4 Å². The molecule has 4 aromatic rings. The molecule has 1 aliphatic heterocycles. The summed E-state index contributed by atoms with van der Waals surface area (Å²) in [6, 6.07) is 23.2. The van der Waals surface area contributed by atoms with Crippen LogP contribution in [0.3, 0.4) is 0 Å². The predicted molar refractivity (Wildman–Crippen MR) is 140 cm³/mol. The highest BCUT2D eigenvalue weighted by atomic mass is 19.1. The molecule has 184 valence electrons. The molecule has 0 atom stereocenters. The molecule has 0 unspecified atom stereocenters. The van der Waals surface area contributed by atoms with Crippen molar-refractivity contribution in [3.8, 4) is 11.5 Å². The zero-order valence-electron chi connectivity index (χ0n) is 20.1. The second-order valence-electron chi connectivity index (χ2n) is 8.87. The number of phenolic OH excluding ortho intramolecular Hbond substituents is 1. The topological polar surface area (TPSA) is 65.0 Å². The molecule has 0 aliphatic carbocycles. The van der Waals surface area contributed by atoms with Crippen LogP contribution in [0.15, 0.2) is 78.9 Å². The van der Waals surface area contributed by atoms with Crippen molar-refractivity contribution in [1.82, 2.24) is 4.90 Å². The van der Waals surface area contributed by atoms with Crippen LogP contribution in [0.2, 0.25) is 0 Å². The number of phenols is 1. The number of para-hydroxylation sites is 2. The molecule has 2 N–H and O–H groups in total. The maximum absolute atomic E-state index is 13.3. The second kappa shape index (κ2) is 10.3. The molecule has 1 heterocycles. The first-order chi connectivity index (χ1) is 17.5. The first kappa shape index (κ1) is 23.6. The molecule has 5 rings (SSSR count). The van der Waals surface area contributed by atoms with E-state index in [9.17, 15) is 14.3 Å². The zero-order valence-corrected chi connectivity index (χ0v) is 20.1. The first-order valence-electron chi connectivity index (χ1n) is 11.9. The van der Waals surface area contributed by atoms with Gasteiger partial charge in [0, 0.05) is 44.0 Å². The van der Waals surface area contributed by atoms with Crippen molar-refractivity contribution < 1.29 is 19.0 Å². The summed E-state index contributed by atoms with van der Waals surface area (Å²) in [4.78, 5) is 17.7. The van der Waals surface area contributed by atoms with Gasteiger partial charge in [-0.05, 0) is 53.2 Å². The monoisotopic (exact) mass is 485 g/mol. The number of methoxy groups -OCH3 is 1. The maximum atomic E-state index is 13.3. The molecule has 1 aliphatic rings. The zero-order chi connectivity index (χ0) is 25.1. The van der Waals surface area contributed by atoms with Crippen LogP contribution in [0.25, 0.3) is 10.8 Å². The van der Waals surface area contributed by atoms with Gasteiger partial charge in [-0.3, -0.25) is 9.69 Å². The number of carbonyl (C=O) groups excluding carboxylic acids is 1. The number of nitrogens with one attached hydrogen (secondary N) is 1. The Morgan fingerprint density at radius 3 is 2.42 bits per heavy atom. The number of aromatic hydroxyl groups is 1. The van der Waals surface area contributed by atoms with Crippen molar-refractivity contribution in [2.45, 2.75) is 6.54 Å². The molecule has 0 saturated carbocycles. The third kappa shape index (κ3) is 4.83. The van der Waals surface area contributed by atoms with Crippen molar-refractivity contribution in [2.24, 2.45) is 0 Å². The Kier molecular flexibility index (Phi) is 6.73. The highest BCUT2D eigenvalue weighted by molar-refractivity contribution is 6.10. The number of nitrogens with zero attached hydrogens (tertiary/aromatic N) is 2. The van der Waals surface area contributed by atoms with Gasteiger partial charge in [-0.15, -0.1) is 0 Å². The average molecular weight is 486 g/mol. The molecular weight excluding hydrogens is 457 g/mol. The van der Waals surface area contributed by atoms with E-state index in [1.165, 1.54) is 12.1 Å². The van der Waals surface area contributed by atoms with Crippen LogP contribution in [0.4, 0.5) is 15.8 Å². The minimum atomic E-state index is -0.398. The first-order valence-corrected chi connectivity index (χ1v) is 11.9. The number of hydrogen-bond acceptors (Lipinski definition) is 5. The molecule has 0 aromatic heterocycles. The van der Waals surface area contributed by atoms with Crippen LogP contribution in [-0.2, 0) is 6.54 Å². The van der Waals surface area contributed by atoms with E-state index in [0.717, 1.165) is 48.2 Å². The minimum absolute atomic E-state index is 0.0120. The summed E-state index contributed by atoms with van der Waals surface area (Å²) in [5.74, 6) is -0.105. The standard InChI is InChI=1S/C29H28FN3O3/c1-36-27-9-5-4-8-26(27)31-29(35)24-18-20-6-2-3-7-23(20)25(28(24)34)19-32-14-16-33(17-15-32)22-12-10-21(30)11-13-22/h2-13,18,34H,14-17,19H2,1H3,(H,31,35). The van der Waals surface area contributed by atoms with E-state index in [4.69, 9.17) is 4.74 Å². The number of ether oxygens (including phenoxy) is 1. The summed E-state index contributed by atoms with van der Waals surface area (Å²) in [5, 5.41) is 16.0. The Hall–Kier alpha value is -4.10. The summed E-state index contributed by atoms with van der Waals surface area (Å²) in [6.45, 7) is 3.65. The van der Waals surface area contributed by atoms with Gasteiger partial charge >= 0.3 is 0 Å². The summed E-state index contributed by atoms with van der Waals surface area (Å²) < 4.78 is 18.6. The molecule has 1 saturated heterocycles. The Balaban J connectivity index is 1.39. The van der Waals surface area contributed by atoms with Crippen molar-refractivity contribution in [3.63, 3.8) is 0 Å². The van der Waals surface area contributed by atoms with E-state index in [-0.39, 0.29) is 17.1 Å². The lowest BCUT2D eigenvalue weighted by Gasteiger charge is -2.36. The normalized spacial score (nSPS) is 14.1. The van der Waals surface area contributed by atoms with Gasteiger partial charge in [-0.1, -0.05) is 36.4 Å². The van der Waals surface area contributed by atoms with Crippen molar-refractivity contribution in [1.29, 1.82) is 0 Å². The number of fused-ring (bicyclic) bond motifs is 1. The number of anilines is 2. The van der Waals surface area contributed by atoms with Crippen molar-refractivity contribution >= 4 is 28.1 Å². The summed E-state index contributed by atoms with van der Waals surface area (Å²) in [7, 11) is 1.55. The van der Waals surface area contributed by atoms with Gasteiger partial charge in [0.25, 0.3) is 5.91 Å². The minimum Gasteiger partial charge on any atom is -0.507 e. The van der Waals surface area contributed by atoms with E-state index in [1.54, 1.807) is 37.4 Å². The molecule has 1 amide bonds. The fraction of sp³-hybridized carbons (Fsp3) is 0.207. The lowest BCUT2D eigenvalue weighted by molar-refractivity contribution is 0.102. The number of carbonyl (C=O) groups is 1. The lowest BCUT2D eigenvalue weighted by Crippen LogP contribution is -2.46. The van der Waals surface area contributed by atoms with E-state index >= 15 is 0 Å². The van der Waals surface area contributed by atoms with Crippen molar-refractivity contribution in [2.75, 3.05) is 43.5 Å². The Morgan fingerprint density at radius 2 is 1.67 bits per heavy atom. The van der Waals surface area contributed by atoms with Crippen LogP contribution in [0.5, 0.6) is 11.5 Å². The van der Waals surface area contributed by atoms with Gasteiger partial charge in [0.05, 0.1) is 18.4 Å². The number of amides is 1. The third-order valence-electron chi connectivity index (χ3n) is 6.67. The largest absolute Gasteiger partial charge is 0.507 e. The summed E-state index contributed by atoms with van der Waals surface area (Å²) in [5.41, 5.74) is 2.49. The van der Waals surface area contributed by atoms with Gasteiger partial charge in [0.1, 0.15) is 17.3 Å². The van der Waals surface area contributed by atoms with E-state index in [0.29, 0.717) is 18.0 Å². The van der Waals surface area contributed by atoms with Crippen LogP contribution >= 0.6 is 0 Å². The predicted octanol–water partition coefficient (Wildman–Crippen LogP) is 5.27. The smallest absolute Gasteiger partial charge is 0.259 e. The highest BCUT2D eigenvalue weighted by Crippen LogP contribution is 2.34. The van der Waals surface area contributed by atoms with Crippen LogP contribution in [0.1, 0.15) is 15.9 Å².